The fourth-order valence-electron chi connectivity index (χ4n) is 7.74. The van der Waals surface area contributed by atoms with E-state index in [1.165, 1.54) is 0 Å². The molecule has 5 heteroatoms. The number of hydrogen-bond acceptors (Lipinski definition) is 4. The van der Waals surface area contributed by atoms with E-state index in [0.29, 0.717) is 39.1 Å². The van der Waals surface area contributed by atoms with Crippen molar-refractivity contribution in [2.24, 2.45) is 0 Å². The van der Waals surface area contributed by atoms with Crippen molar-refractivity contribution in [2.45, 2.75) is 0 Å². The molecule has 8 aromatic carbocycles. The molecule has 0 spiro atoms. The van der Waals surface area contributed by atoms with Gasteiger partial charge in [-0.2, -0.15) is 9.97 Å². The van der Waals surface area contributed by atoms with Gasteiger partial charge in [0.2, 0.25) is 5.95 Å². The van der Waals surface area contributed by atoms with E-state index in [2.05, 4.69) is 60.7 Å². The second-order valence-corrected chi connectivity index (χ2v) is 13.7. The van der Waals surface area contributed by atoms with Gasteiger partial charge in [0, 0.05) is 32.7 Å². The SMILES string of the molecule is [2H]c1c([2H])c([2H])c2c(c1[2H])c1c(-c3ccc(-c4ccccc4)cc3)cccc1n2-c1nc(-c2cccc(-c3ccccc3)c2)nc(-c2ccc3c(c2)oc2ccccc23)n1. The third-order valence-corrected chi connectivity index (χ3v) is 10.4. The molecule has 0 saturated carbocycles. The number of benzene rings is 8. The Labute approximate surface area is 328 Å². The van der Waals surface area contributed by atoms with E-state index >= 15 is 0 Å². The molecule has 262 valence electrons. The van der Waals surface area contributed by atoms with Crippen LogP contribution in [0.25, 0.3) is 106 Å². The first-order valence-electron chi connectivity index (χ1n) is 20.4. The van der Waals surface area contributed by atoms with Crippen molar-refractivity contribution in [2.75, 3.05) is 0 Å². The number of hydrogen-bond donors (Lipinski definition) is 0. The Kier molecular flexibility index (Phi) is 6.50. The summed E-state index contributed by atoms with van der Waals surface area (Å²) in [7, 11) is 0. The molecule has 0 radical (unpaired) electrons. The van der Waals surface area contributed by atoms with Gasteiger partial charge in [0.05, 0.1) is 16.5 Å². The Bertz CT molecular complexity index is 3470. The second-order valence-electron chi connectivity index (χ2n) is 13.7. The summed E-state index contributed by atoms with van der Waals surface area (Å²) in [5.74, 6) is 0.998. The van der Waals surface area contributed by atoms with Crippen LogP contribution >= 0.6 is 0 Å². The lowest BCUT2D eigenvalue weighted by molar-refractivity contribution is 0.669. The van der Waals surface area contributed by atoms with Gasteiger partial charge >= 0.3 is 0 Å². The summed E-state index contributed by atoms with van der Waals surface area (Å²) in [5, 5.41) is 3.04. The van der Waals surface area contributed by atoms with Crippen molar-refractivity contribution < 1.29 is 9.90 Å². The minimum atomic E-state index is -0.342. The molecule has 0 aliphatic heterocycles. The Balaban J connectivity index is 1.18. The fourth-order valence-corrected chi connectivity index (χ4v) is 7.74. The number of nitrogens with zero attached hydrogens (tertiary/aromatic N) is 4. The summed E-state index contributed by atoms with van der Waals surface area (Å²) in [6, 6.07) is 55.3. The maximum absolute atomic E-state index is 9.35. The zero-order valence-electron chi connectivity index (χ0n) is 33.9. The summed E-state index contributed by atoms with van der Waals surface area (Å²) in [6.45, 7) is 0. The Morgan fingerprint density at radius 2 is 1.00 bits per heavy atom. The molecule has 0 amide bonds. The minimum Gasteiger partial charge on any atom is -0.456 e. The van der Waals surface area contributed by atoms with Gasteiger partial charge < -0.3 is 4.42 Å². The van der Waals surface area contributed by atoms with Crippen LogP contribution in [0.15, 0.2) is 198 Å². The van der Waals surface area contributed by atoms with Crippen LogP contribution < -0.4 is 0 Å². The summed E-state index contributed by atoms with van der Waals surface area (Å²) in [5.41, 5.74) is 9.78. The molecule has 0 atom stereocenters. The number of rotatable bonds is 6. The van der Waals surface area contributed by atoms with Crippen molar-refractivity contribution in [1.82, 2.24) is 19.5 Å². The zero-order chi connectivity index (χ0) is 40.5. The molecule has 0 fully saturated rings. The van der Waals surface area contributed by atoms with Crippen LogP contribution in [0.3, 0.4) is 0 Å². The van der Waals surface area contributed by atoms with Crippen LogP contribution in [0, 0.1) is 0 Å². The lowest BCUT2D eigenvalue weighted by atomic mass is 9.97. The monoisotopic (exact) mass is 720 g/mol. The fraction of sp³-hybridized carbons (Fsp3) is 0. The summed E-state index contributed by atoms with van der Waals surface area (Å²) < 4.78 is 44.3. The first-order valence-corrected chi connectivity index (χ1v) is 18.4. The highest BCUT2D eigenvalue weighted by atomic mass is 16.3. The highest BCUT2D eigenvalue weighted by molar-refractivity contribution is 6.15. The molecule has 0 aliphatic carbocycles. The van der Waals surface area contributed by atoms with Gasteiger partial charge in [0.25, 0.3) is 0 Å². The molecule has 0 aliphatic rings. The van der Waals surface area contributed by atoms with Crippen molar-refractivity contribution in [3.05, 3.63) is 194 Å². The largest absolute Gasteiger partial charge is 0.456 e. The van der Waals surface area contributed by atoms with Crippen LogP contribution in [0.1, 0.15) is 5.48 Å². The van der Waals surface area contributed by atoms with Crippen LogP contribution in [0.2, 0.25) is 0 Å². The van der Waals surface area contributed by atoms with E-state index in [0.717, 1.165) is 55.3 Å². The van der Waals surface area contributed by atoms with Gasteiger partial charge in [0.1, 0.15) is 11.2 Å². The van der Waals surface area contributed by atoms with Crippen molar-refractivity contribution in [1.29, 1.82) is 0 Å². The second kappa shape index (κ2) is 13.0. The van der Waals surface area contributed by atoms with Gasteiger partial charge in [-0.05, 0) is 69.8 Å². The van der Waals surface area contributed by atoms with E-state index in [1.807, 2.05) is 109 Å². The normalized spacial score (nSPS) is 12.6. The number of para-hydroxylation sites is 2. The zero-order valence-corrected chi connectivity index (χ0v) is 29.9. The average Bonchev–Trinajstić information content (AvgIpc) is 3.87. The Morgan fingerprint density at radius 1 is 0.411 bits per heavy atom. The predicted molar refractivity (Wildman–Crippen MR) is 229 cm³/mol. The van der Waals surface area contributed by atoms with Gasteiger partial charge in [-0.15, -0.1) is 0 Å². The molecular formula is C51H32N4O. The van der Waals surface area contributed by atoms with Crippen molar-refractivity contribution >= 4 is 43.7 Å². The third kappa shape index (κ3) is 5.37. The number of furan rings is 1. The molecule has 0 unspecified atom stereocenters. The summed E-state index contributed by atoms with van der Waals surface area (Å²) in [6.07, 6.45) is 0. The number of aromatic nitrogens is 4. The van der Waals surface area contributed by atoms with E-state index < -0.39 is 0 Å². The molecule has 3 aromatic heterocycles. The molecule has 3 heterocycles. The first-order chi connectivity index (χ1) is 29.4. The Morgan fingerprint density at radius 3 is 1.80 bits per heavy atom. The highest BCUT2D eigenvalue weighted by Gasteiger charge is 2.21. The molecule has 11 aromatic rings. The molecule has 0 bridgehead atoms. The molecular weight excluding hydrogens is 685 g/mol. The standard InChI is InChI=1S/C51H32N4O/c1-3-13-33(14-4-1)35-25-27-36(28-26-35)40-21-12-23-45-48(40)43-20-7-9-22-44(43)55(45)51-53-49(38-18-11-17-37(31-38)34-15-5-2-6-16-34)52-50(54-51)39-29-30-42-41-19-8-10-24-46(41)56-47(42)32-39/h1-32H/i7D,9D,20D,22D. The van der Waals surface area contributed by atoms with Crippen LogP contribution in [-0.4, -0.2) is 19.5 Å². The van der Waals surface area contributed by atoms with Crippen molar-refractivity contribution in [3.8, 4) is 62.1 Å². The van der Waals surface area contributed by atoms with Gasteiger partial charge in [-0.25, -0.2) is 4.98 Å². The third-order valence-electron chi connectivity index (χ3n) is 10.4. The topological polar surface area (TPSA) is 56.7 Å². The lowest BCUT2D eigenvalue weighted by Crippen LogP contribution is -2.06. The quantitative estimate of drug-likeness (QED) is 0.172. The smallest absolute Gasteiger partial charge is 0.238 e. The van der Waals surface area contributed by atoms with Crippen LogP contribution in [0.4, 0.5) is 0 Å². The minimum absolute atomic E-state index is 0.136. The first kappa shape index (κ1) is 27.9. The van der Waals surface area contributed by atoms with Crippen LogP contribution in [-0.2, 0) is 0 Å². The Hall–Kier alpha value is -7.63. The molecule has 0 saturated heterocycles. The van der Waals surface area contributed by atoms with Crippen molar-refractivity contribution in [3.63, 3.8) is 0 Å². The van der Waals surface area contributed by atoms with Gasteiger partial charge in [0.15, 0.2) is 11.6 Å². The van der Waals surface area contributed by atoms with Gasteiger partial charge in [-0.3, -0.25) is 4.57 Å². The molecule has 11 rings (SSSR count). The molecule has 56 heavy (non-hydrogen) atoms. The van der Waals surface area contributed by atoms with E-state index in [9.17, 15) is 2.74 Å². The molecule has 0 N–H and O–H groups in total. The van der Waals surface area contributed by atoms with E-state index in [1.54, 1.807) is 4.57 Å². The predicted octanol–water partition coefficient (Wildman–Crippen LogP) is 13.2. The van der Waals surface area contributed by atoms with E-state index in [4.69, 9.17) is 22.1 Å². The average molecular weight is 721 g/mol. The van der Waals surface area contributed by atoms with E-state index in [-0.39, 0.29) is 35.6 Å². The maximum atomic E-state index is 9.35. The van der Waals surface area contributed by atoms with Gasteiger partial charge in [-0.1, -0.05) is 158 Å². The number of fused-ring (bicyclic) bond motifs is 6. The lowest BCUT2D eigenvalue weighted by Gasteiger charge is -2.12. The van der Waals surface area contributed by atoms with Crippen LogP contribution in [0.5, 0.6) is 0 Å². The molecule has 5 nitrogen and oxygen atoms in total. The maximum Gasteiger partial charge on any atom is 0.238 e. The summed E-state index contributed by atoms with van der Waals surface area (Å²) >= 11 is 0. The highest BCUT2D eigenvalue weighted by Crippen LogP contribution is 2.39. The summed E-state index contributed by atoms with van der Waals surface area (Å²) in [4.78, 5) is 15.4.